The second-order valence-corrected chi connectivity index (χ2v) is 7.98. The molecule has 0 spiro atoms. The highest BCUT2D eigenvalue weighted by molar-refractivity contribution is 14.0. The van der Waals surface area contributed by atoms with E-state index in [4.69, 9.17) is 14.2 Å². The zero-order valence-electron chi connectivity index (χ0n) is 15.9. The molecule has 0 radical (unpaired) electrons. The van der Waals surface area contributed by atoms with E-state index in [-0.39, 0.29) is 41.5 Å². The highest BCUT2D eigenvalue weighted by Gasteiger charge is 2.58. The Balaban J connectivity index is 0.00000225. The highest BCUT2D eigenvalue weighted by Crippen LogP contribution is 2.51. The molecule has 2 heterocycles. The maximum Gasteiger partial charge on any atom is 0.191 e. The number of aliphatic imine (C=N–C) groups is 1. The molecule has 1 aliphatic carbocycles. The molecule has 5 unspecified atom stereocenters. The Bertz CT molecular complexity index is 455. The minimum Gasteiger partial charge on any atom is -0.379 e. The first-order chi connectivity index (χ1) is 11.5. The average molecular weight is 467 g/mol. The van der Waals surface area contributed by atoms with Crippen molar-refractivity contribution in [1.29, 1.82) is 0 Å². The Kier molecular flexibility index (Phi) is 7.79. The third kappa shape index (κ3) is 4.78. The lowest BCUT2D eigenvalue weighted by atomic mass is 9.55. The minimum atomic E-state index is 0. The summed E-state index contributed by atoms with van der Waals surface area (Å²) < 4.78 is 17.2. The summed E-state index contributed by atoms with van der Waals surface area (Å²) in [6, 6.07) is 0.615. The standard InChI is InChI=1S/C18H33N3O3.HI/c1-12(10-24-13-7-9-22-11-13)20-17(19-4)21-15-14-6-5-8-23-16(14)18(15,2)3;/h12-16H,5-11H2,1-4H3,(H2,19,20,21);1H. The van der Waals surface area contributed by atoms with Crippen LogP contribution in [0.15, 0.2) is 4.99 Å². The maximum atomic E-state index is 5.98. The van der Waals surface area contributed by atoms with Crippen LogP contribution < -0.4 is 10.6 Å². The highest BCUT2D eigenvalue weighted by atomic mass is 127. The summed E-state index contributed by atoms with van der Waals surface area (Å²) in [5, 5.41) is 7.09. The van der Waals surface area contributed by atoms with E-state index < -0.39 is 0 Å². The number of ether oxygens (including phenoxy) is 3. The Morgan fingerprint density at radius 2 is 2.12 bits per heavy atom. The topological polar surface area (TPSA) is 64.1 Å². The van der Waals surface area contributed by atoms with Gasteiger partial charge in [0.25, 0.3) is 0 Å². The lowest BCUT2D eigenvalue weighted by Gasteiger charge is -2.60. The van der Waals surface area contributed by atoms with E-state index in [1.165, 1.54) is 6.42 Å². The van der Waals surface area contributed by atoms with Crippen LogP contribution in [-0.4, -0.2) is 63.7 Å². The number of fused-ring (bicyclic) bond motifs is 1. The minimum absolute atomic E-state index is 0. The SMILES string of the molecule is CN=C(NC(C)COC1CCOC1)NC1C2CCCOC2C1(C)C.I. The molecule has 2 N–H and O–H groups in total. The van der Waals surface area contributed by atoms with E-state index in [1.807, 2.05) is 7.05 Å². The smallest absolute Gasteiger partial charge is 0.191 e. The zero-order valence-corrected chi connectivity index (χ0v) is 18.2. The summed E-state index contributed by atoms with van der Waals surface area (Å²) in [5.74, 6) is 1.45. The summed E-state index contributed by atoms with van der Waals surface area (Å²) in [6.45, 7) is 9.81. The lowest BCUT2D eigenvalue weighted by molar-refractivity contribution is -0.188. The van der Waals surface area contributed by atoms with Crippen LogP contribution in [0, 0.1) is 11.3 Å². The summed E-state index contributed by atoms with van der Waals surface area (Å²) >= 11 is 0. The molecular weight excluding hydrogens is 433 g/mol. The summed E-state index contributed by atoms with van der Waals surface area (Å²) in [7, 11) is 1.83. The number of nitrogens with zero attached hydrogens (tertiary/aromatic N) is 1. The van der Waals surface area contributed by atoms with E-state index in [2.05, 4.69) is 36.4 Å². The first kappa shape index (κ1) is 21.2. The molecule has 5 atom stereocenters. The van der Waals surface area contributed by atoms with Crippen molar-refractivity contribution < 1.29 is 14.2 Å². The predicted octanol–water partition coefficient (Wildman–Crippen LogP) is 2.17. The summed E-state index contributed by atoms with van der Waals surface area (Å²) in [4.78, 5) is 4.41. The number of guanidine groups is 1. The van der Waals surface area contributed by atoms with Crippen molar-refractivity contribution in [3.8, 4) is 0 Å². The fourth-order valence-corrected chi connectivity index (χ4v) is 4.33. The normalized spacial score (nSPS) is 35.1. The first-order valence-electron chi connectivity index (χ1n) is 9.33. The third-order valence-electron chi connectivity index (χ3n) is 5.70. The molecule has 0 aromatic rings. The van der Waals surface area contributed by atoms with E-state index >= 15 is 0 Å². The van der Waals surface area contributed by atoms with E-state index in [0.717, 1.165) is 38.6 Å². The molecular formula is C18H34IN3O3. The molecule has 6 nitrogen and oxygen atoms in total. The molecule has 0 aromatic carbocycles. The van der Waals surface area contributed by atoms with Gasteiger partial charge in [0.2, 0.25) is 0 Å². The van der Waals surface area contributed by atoms with E-state index in [1.54, 1.807) is 0 Å². The van der Waals surface area contributed by atoms with Gasteiger partial charge in [0.1, 0.15) is 0 Å². The van der Waals surface area contributed by atoms with Gasteiger partial charge in [-0.3, -0.25) is 4.99 Å². The molecule has 3 fully saturated rings. The fraction of sp³-hybridized carbons (Fsp3) is 0.944. The fourth-order valence-electron chi connectivity index (χ4n) is 4.33. The van der Waals surface area contributed by atoms with Crippen LogP contribution in [0.1, 0.15) is 40.0 Å². The van der Waals surface area contributed by atoms with Crippen LogP contribution in [0.4, 0.5) is 0 Å². The van der Waals surface area contributed by atoms with Crippen LogP contribution in [0.25, 0.3) is 0 Å². The van der Waals surface area contributed by atoms with Crippen molar-refractivity contribution >= 4 is 29.9 Å². The molecule has 7 heteroatoms. The molecule has 146 valence electrons. The van der Waals surface area contributed by atoms with Crippen LogP contribution in [0.3, 0.4) is 0 Å². The van der Waals surface area contributed by atoms with Crippen molar-refractivity contribution in [3.05, 3.63) is 0 Å². The second kappa shape index (κ2) is 9.19. The van der Waals surface area contributed by atoms with Gasteiger partial charge in [-0.25, -0.2) is 0 Å². The number of halogens is 1. The van der Waals surface area contributed by atoms with Crippen molar-refractivity contribution in [2.24, 2.45) is 16.3 Å². The summed E-state index contributed by atoms with van der Waals surface area (Å²) in [6.07, 6.45) is 4.03. The van der Waals surface area contributed by atoms with Gasteiger partial charge < -0.3 is 24.8 Å². The lowest BCUT2D eigenvalue weighted by Crippen LogP contribution is -2.71. The predicted molar refractivity (Wildman–Crippen MR) is 110 cm³/mol. The van der Waals surface area contributed by atoms with Crippen LogP contribution >= 0.6 is 24.0 Å². The van der Waals surface area contributed by atoms with E-state index in [9.17, 15) is 0 Å². The van der Waals surface area contributed by atoms with Gasteiger partial charge in [-0.2, -0.15) is 0 Å². The van der Waals surface area contributed by atoms with Crippen molar-refractivity contribution in [2.75, 3.05) is 33.5 Å². The van der Waals surface area contributed by atoms with Gasteiger partial charge >= 0.3 is 0 Å². The van der Waals surface area contributed by atoms with Crippen molar-refractivity contribution in [1.82, 2.24) is 10.6 Å². The zero-order chi connectivity index (χ0) is 17.2. The third-order valence-corrected chi connectivity index (χ3v) is 5.70. The molecule has 2 aliphatic heterocycles. The Morgan fingerprint density at radius 3 is 2.80 bits per heavy atom. The summed E-state index contributed by atoms with van der Waals surface area (Å²) in [5.41, 5.74) is 0.142. The molecule has 25 heavy (non-hydrogen) atoms. The van der Waals surface area contributed by atoms with Crippen LogP contribution in [0.2, 0.25) is 0 Å². The number of hydrogen-bond acceptors (Lipinski definition) is 4. The molecule has 1 saturated carbocycles. The van der Waals surface area contributed by atoms with Crippen LogP contribution in [0.5, 0.6) is 0 Å². The van der Waals surface area contributed by atoms with Gasteiger partial charge in [-0.15, -0.1) is 24.0 Å². The maximum absolute atomic E-state index is 5.98. The van der Waals surface area contributed by atoms with Gasteiger partial charge in [0.05, 0.1) is 25.4 Å². The van der Waals surface area contributed by atoms with Crippen molar-refractivity contribution in [2.45, 2.75) is 64.3 Å². The Labute approximate surface area is 168 Å². The first-order valence-corrected chi connectivity index (χ1v) is 9.33. The van der Waals surface area contributed by atoms with Gasteiger partial charge in [0.15, 0.2) is 5.96 Å². The van der Waals surface area contributed by atoms with Crippen LogP contribution in [-0.2, 0) is 14.2 Å². The number of nitrogens with one attached hydrogen (secondary N) is 2. The molecule has 0 aromatic heterocycles. The molecule has 2 saturated heterocycles. The molecule has 3 aliphatic rings. The Morgan fingerprint density at radius 1 is 1.32 bits per heavy atom. The van der Waals surface area contributed by atoms with Gasteiger partial charge in [-0.1, -0.05) is 13.8 Å². The van der Waals surface area contributed by atoms with E-state index in [0.29, 0.717) is 24.7 Å². The number of rotatable bonds is 5. The Hall–Kier alpha value is -0.120. The monoisotopic (exact) mass is 467 g/mol. The molecule has 3 rings (SSSR count). The quantitative estimate of drug-likeness (QED) is 0.369. The largest absolute Gasteiger partial charge is 0.379 e. The van der Waals surface area contributed by atoms with Gasteiger partial charge in [-0.05, 0) is 26.2 Å². The number of hydrogen-bond donors (Lipinski definition) is 2. The molecule has 0 amide bonds. The van der Waals surface area contributed by atoms with Crippen molar-refractivity contribution in [3.63, 3.8) is 0 Å². The second-order valence-electron chi connectivity index (χ2n) is 7.98. The van der Waals surface area contributed by atoms with Gasteiger partial charge in [0, 0.05) is 43.7 Å². The molecule has 0 bridgehead atoms. The average Bonchev–Trinajstić information content (AvgIpc) is 3.10.